The first-order chi connectivity index (χ1) is 18.8. The van der Waals surface area contributed by atoms with Crippen LogP contribution in [0.5, 0.6) is 0 Å². The third kappa shape index (κ3) is 6.48. The van der Waals surface area contributed by atoms with Crippen LogP contribution >= 0.6 is 0 Å². The van der Waals surface area contributed by atoms with E-state index < -0.39 is 36.3 Å². The Kier molecular flexibility index (Phi) is 7.97. The molecule has 0 aromatic carbocycles. The molecule has 4 N–H and O–H groups in total. The van der Waals surface area contributed by atoms with Gasteiger partial charge in [0.05, 0.1) is 52.1 Å². The highest BCUT2D eigenvalue weighted by atomic mass is 19.4. The topological polar surface area (TPSA) is 144 Å². The smallest absolute Gasteiger partial charge is 0.387 e. The zero-order valence-electron chi connectivity index (χ0n) is 21.6. The second kappa shape index (κ2) is 11.1. The summed E-state index contributed by atoms with van der Waals surface area (Å²) in [7, 11) is 0. The number of nitrogens with one attached hydrogen (secondary N) is 3. The minimum atomic E-state index is -4.95. The lowest BCUT2D eigenvalue weighted by atomic mass is 9.80. The number of anilines is 1. The number of rotatable bonds is 9. The molecule has 0 spiro atoms. The van der Waals surface area contributed by atoms with Crippen molar-refractivity contribution in [3.05, 3.63) is 47.8 Å². The minimum Gasteiger partial charge on any atom is -0.387 e. The van der Waals surface area contributed by atoms with Crippen molar-refractivity contribution < 1.29 is 32.3 Å². The van der Waals surface area contributed by atoms with Gasteiger partial charge in [-0.05, 0) is 56.9 Å². The maximum absolute atomic E-state index is 14.2. The van der Waals surface area contributed by atoms with Crippen molar-refractivity contribution in [1.82, 2.24) is 25.2 Å². The Morgan fingerprint density at radius 1 is 1.20 bits per heavy atom. The van der Waals surface area contributed by atoms with Crippen LogP contribution < -0.4 is 16.0 Å². The monoisotopic (exact) mass is 561 g/mol. The predicted molar refractivity (Wildman–Crippen MR) is 136 cm³/mol. The van der Waals surface area contributed by atoms with E-state index in [0.29, 0.717) is 41.0 Å². The Morgan fingerprint density at radius 3 is 2.58 bits per heavy atom. The fraction of sp³-hybridized carbons (Fsp3) is 0.423. The van der Waals surface area contributed by atoms with Crippen LogP contribution in [0.2, 0.25) is 0 Å². The fourth-order valence-electron chi connectivity index (χ4n) is 4.25. The Balaban J connectivity index is 1.54. The molecule has 10 nitrogen and oxygen atoms in total. The molecule has 0 saturated heterocycles. The predicted octanol–water partition coefficient (Wildman–Crippen LogP) is 2.98. The van der Waals surface area contributed by atoms with E-state index in [4.69, 9.17) is 5.26 Å². The molecule has 0 aliphatic heterocycles. The molecule has 1 fully saturated rings. The van der Waals surface area contributed by atoms with Crippen LogP contribution in [-0.4, -0.2) is 68.6 Å². The van der Waals surface area contributed by atoms with Gasteiger partial charge in [-0.3, -0.25) is 14.6 Å². The first-order valence-corrected chi connectivity index (χ1v) is 12.4. The van der Waals surface area contributed by atoms with E-state index in [0.717, 1.165) is 0 Å². The maximum atomic E-state index is 14.2. The van der Waals surface area contributed by atoms with Crippen molar-refractivity contribution in [3.8, 4) is 17.5 Å². The summed E-state index contributed by atoms with van der Waals surface area (Å²) in [5.41, 5.74) is 0.825. The molecule has 212 valence electrons. The van der Waals surface area contributed by atoms with E-state index in [1.165, 1.54) is 26.2 Å². The Labute approximate surface area is 226 Å². The highest BCUT2D eigenvalue weighted by Gasteiger charge is 2.39. The average molecular weight is 562 g/mol. The summed E-state index contributed by atoms with van der Waals surface area (Å²) in [5.74, 6) is -2.82. The van der Waals surface area contributed by atoms with Crippen LogP contribution in [0, 0.1) is 17.2 Å². The number of aliphatic hydroxyl groups is 1. The summed E-state index contributed by atoms with van der Waals surface area (Å²) in [6.45, 7) is 1.99. The molecule has 3 heterocycles. The standard InChI is InChI=1S/C26H27F4N7O3/c1-25(2,40)22(27)13-33-23(38)18-12-32-20(21-4-3-17-7-15(9-31)11-35-37(17)21)8-19(18)36-16-5-14(6-16)10-34-24(39)26(28,29)30/h3-4,7-8,11-12,14,16,22,40H,5-6,10,13H2,1-2H3,(H,32,36)(H,33,38)(H,34,39)/t14?,16?,22-/m1/s1. The van der Waals surface area contributed by atoms with Crippen molar-refractivity contribution >= 4 is 23.0 Å². The normalized spacial score (nSPS) is 17.9. The van der Waals surface area contributed by atoms with Gasteiger partial charge in [-0.15, -0.1) is 0 Å². The molecule has 1 aliphatic rings. The number of carbonyl (C=O) groups is 2. The lowest BCUT2D eigenvalue weighted by molar-refractivity contribution is -0.173. The number of nitriles is 1. The molecule has 40 heavy (non-hydrogen) atoms. The lowest BCUT2D eigenvalue weighted by Gasteiger charge is -2.37. The molecule has 0 bridgehead atoms. The molecule has 0 radical (unpaired) electrons. The summed E-state index contributed by atoms with van der Waals surface area (Å²) in [5, 5.41) is 30.8. The molecule has 1 saturated carbocycles. The molecule has 3 aromatic rings. The molecular weight excluding hydrogens is 534 g/mol. The van der Waals surface area contributed by atoms with Crippen LogP contribution in [0.4, 0.5) is 23.2 Å². The molecule has 1 aliphatic carbocycles. The molecule has 1 atom stereocenters. The maximum Gasteiger partial charge on any atom is 0.471 e. The van der Waals surface area contributed by atoms with Crippen LogP contribution in [0.1, 0.15) is 42.6 Å². The third-order valence-electron chi connectivity index (χ3n) is 6.65. The van der Waals surface area contributed by atoms with E-state index in [9.17, 15) is 32.3 Å². The van der Waals surface area contributed by atoms with Gasteiger partial charge in [-0.2, -0.15) is 23.5 Å². The number of pyridine rings is 1. The average Bonchev–Trinajstić information content (AvgIpc) is 3.30. The number of hydrogen-bond acceptors (Lipinski definition) is 7. The number of alkyl halides is 4. The molecule has 14 heteroatoms. The molecule has 4 rings (SSSR count). The second-order valence-electron chi connectivity index (χ2n) is 10.2. The van der Waals surface area contributed by atoms with E-state index in [-0.39, 0.29) is 24.1 Å². The van der Waals surface area contributed by atoms with Crippen molar-refractivity contribution in [2.75, 3.05) is 18.4 Å². The second-order valence-corrected chi connectivity index (χ2v) is 10.2. The Morgan fingerprint density at radius 2 is 1.93 bits per heavy atom. The fourth-order valence-corrected chi connectivity index (χ4v) is 4.25. The van der Waals surface area contributed by atoms with E-state index >= 15 is 0 Å². The van der Waals surface area contributed by atoms with Gasteiger partial charge in [0.2, 0.25) is 0 Å². The number of amides is 2. The van der Waals surface area contributed by atoms with Gasteiger partial charge in [-0.1, -0.05) is 0 Å². The van der Waals surface area contributed by atoms with Crippen LogP contribution in [0.3, 0.4) is 0 Å². The number of carbonyl (C=O) groups excluding carboxylic acids is 2. The van der Waals surface area contributed by atoms with Crippen molar-refractivity contribution in [2.24, 2.45) is 5.92 Å². The van der Waals surface area contributed by atoms with Gasteiger partial charge < -0.3 is 21.1 Å². The third-order valence-corrected chi connectivity index (χ3v) is 6.65. The summed E-state index contributed by atoms with van der Waals surface area (Å²) < 4.78 is 53.2. The molecule has 2 amide bonds. The number of halogens is 4. The van der Waals surface area contributed by atoms with Crippen LogP contribution in [-0.2, 0) is 4.79 Å². The summed E-state index contributed by atoms with van der Waals surface area (Å²) in [4.78, 5) is 28.4. The van der Waals surface area contributed by atoms with Crippen molar-refractivity contribution in [3.63, 3.8) is 0 Å². The van der Waals surface area contributed by atoms with Gasteiger partial charge in [-0.25, -0.2) is 8.91 Å². The Bertz CT molecular complexity index is 1450. The van der Waals surface area contributed by atoms with Gasteiger partial charge in [0, 0.05) is 18.8 Å². The van der Waals surface area contributed by atoms with Crippen LogP contribution in [0.25, 0.3) is 16.9 Å². The zero-order chi connectivity index (χ0) is 29.2. The van der Waals surface area contributed by atoms with E-state index in [2.05, 4.69) is 20.7 Å². The van der Waals surface area contributed by atoms with Crippen molar-refractivity contribution in [1.29, 1.82) is 5.26 Å². The molecular formula is C26H27F4N7O3. The van der Waals surface area contributed by atoms with Gasteiger partial charge >= 0.3 is 12.1 Å². The van der Waals surface area contributed by atoms with Crippen LogP contribution in [0.15, 0.2) is 36.7 Å². The number of nitrogens with zero attached hydrogens (tertiary/aromatic N) is 4. The SMILES string of the molecule is CC(C)(O)[C@H](F)CNC(=O)c1cnc(-c2ccc3cc(C#N)cnn23)cc1NC1CC(CNC(=O)C(F)(F)F)C1. The first kappa shape index (κ1) is 28.8. The van der Waals surface area contributed by atoms with E-state index in [1.807, 2.05) is 11.4 Å². The zero-order valence-corrected chi connectivity index (χ0v) is 21.6. The van der Waals surface area contributed by atoms with E-state index in [1.54, 1.807) is 28.8 Å². The minimum absolute atomic E-state index is 0.0982. The first-order valence-electron chi connectivity index (χ1n) is 12.4. The van der Waals surface area contributed by atoms with Gasteiger partial charge in [0.15, 0.2) is 0 Å². The van der Waals surface area contributed by atoms with Gasteiger partial charge in [0.25, 0.3) is 5.91 Å². The highest BCUT2D eigenvalue weighted by Crippen LogP contribution is 2.33. The largest absolute Gasteiger partial charge is 0.471 e. The summed E-state index contributed by atoms with van der Waals surface area (Å²) in [6, 6.07) is 8.57. The molecule has 0 unspecified atom stereocenters. The Hall–Kier alpha value is -4.25. The van der Waals surface area contributed by atoms with Crippen molar-refractivity contribution in [2.45, 2.75) is 50.7 Å². The number of fused-ring (bicyclic) bond motifs is 1. The summed E-state index contributed by atoms with van der Waals surface area (Å²) >= 11 is 0. The quantitative estimate of drug-likeness (QED) is 0.294. The van der Waals surface area contributed by atoms with Gasteiger partial charge in [0.1, 0.15) is 12.2 Å². The highest BCUT2D eigenvalue weighted by molar-refractivity contribution is 6.00. The summed E-state index contributed by atoms with van der Waals surface area (Å²) in [6.07, 6.45) is -3.08. The lowest BCUT2D eigenvalue weighted by Crippen LogP contribution is -2.45. The number of aromatic nitrogens is 3. The number of hydrogen-bond donors (Lipinski definition) is 4. The molecule has 3 aromatic heterocycles.